The molecule has 1 N–H and O–H groups in total. The van der Waals surface area contributed by atoms with E-state index in [2.05, 4.69) is 5.32 Å². The predicted octanol–water partition coefficient (Wildman–Crippen LogP) is 2.59. The van der Waals surface area contributed by atoms with E-state index in [9.17, 15) is 8.42 Å². The minimum Gasteiger partial charge on any atom is -0.313 e. The summed E-state index contributed by atoms with van der Waals surface area (Å²) in [7, 11) is -2.89. The first-order chi connectivity index (χ1) is 8.42. The molecule has 1 rings (SSSR count). The third-order valence-electron chi connectivity index (χ3n) is 2.30. The molecule has 0 radical (unpaired) electrons. The normalized spacial score (nSPS) is 11.7. The smallest absolute Gasteiger partial charge is 0.148 e. The van der Waals surface area contributed by atoms with Crippen LogP contribution in [0.1, 0.15) is 12.5 Å². The largest absolute Gasteiger partial charge is 0.313 e. The van der Waals surface area contributed by atoms with Gasteiger partial charge in [-0.1, -0.05) is 18.5 Å². The quantitative estimate of drug-likeness (QED) is 0.787. The minimum atomic E-state index is -2.89. The Morgan fingerprint density at radius 2 is 2.11 bits per heavy atom. The molecule has 0 saturated heterocycles. The van der Waals surface area contributed by atoms with Crippen molar-refractivity contribution in [2.75, 3.05) is 24.3 Å². The van der Waals surface area contributed by atoms with Crippen molar-refractivity contribution in [2.24, 2.45) is 0 Å². The Morgan fingerprint density at radius 3 is 2.72 bits per heavy atom. The van der Waals surface area contributed by atoms with E-state index in [0.717, 1.165) is 23.5 Å². The van der Waals surface area contributed by atoms with Gasteiger partial charge in [0, 0.05) is 28.5 Å². The Balaban J connectivity index is 2.68. The Hall–Kier alpha value is -0.230. The van der Waals surface area contributed by atoms with Crippen molar-refractivity contribution in [1.29, 1.82) is 0 Å². The second-order valence-corrected chi connectivity index (χ2v) is 7.84. The average Bonchev–Trinajstić information content (AvgIpc) is 2.27. The van der Waals surface area contributed by atoms with Crippen LogP contribution in [-0.4, -0.2) is 32.7 Å². The number of rotatable bonds is 7. The molecule has 0 aliphatic rings. The lowest BCUT2D eigenvalue weighted by Crippen LogP contribution is -2.12. The van der Waals surface area contributed by atoms with E-state index >= 15 is 0 Å². The maximum absolute atomic E-state index is 11.1. The topological polar surface area (TPSA) is 46.2 Å². The van der Waals surface area contributed by atoms with Crippen molar-refractivity contribution < 1.29 is 8.42 Å². The molecule has 0 fully saturated rings. The number of nitrogens with one attached hydrogen (secondary N) is 1. The number of thioether (sulfide) groups is 1. The maximum atomic E-state index is 11.1. The van der Waals surface area contributed by atoms with Gasteiger partial charge >= 0.3 is 0 Å². The van der Waals surface area contributed by atoms with E-state index in [1.165, 1.54) is 6.26 Å². The molecular weight excluding hydrogens is 290 g/mol. The van der Waals surface area contributed by atoms with Gasteiger partial charge in [0.05, 0.1) is 5.75 Å². The first-order valence-corrected chi connectivity index (χ1v) is 9.14. The van der Waals surface area contributed by atoms with Gasteiger partial charge in [-0.25, -0.2) is 8.42 Å². The van der Waals surface area contributed by atoms with Gasteiger partial charge in [-0.3, -0.25) is 0 Å². The molecule has 1 aromatic carbocycles. The molecule has 3 nitrogen and oxygen atoms in total. The van der Waals surface area contributed by atoms with Crippen LogP contribution in [0.2, 0.25) is 5.02 Å². The zero-order valence-corrected chi connectivity index (χ0v) is 13.0. The van der Waals surface area contributed by atoms with Gasteiger partial charge in [0.2, 0.25) is 0 Å². The monoisotopic (exact) mass is 307 g/mol. The molecule has 0 aliphatic heterocycles. The van der Waals surface area contributed by atoms with Crippen molar-refractivity contribution in [3.05, 3.63) is 28.8 Å². The Labute approximate surface area is 118 Å². The van der Waals surface area contributed by atoms with Gasteiger partial charge < -0.3 is 5.32 Å². The van der Waals surface area contributed by atoms with Crippen LogP contribution in [0.15, 0.2) is 23.1 Å². The summed E-state index contributed by atoms with van der Waals surface area (Å²) in [5, 5.41) is 3.95. The molecule has 1 aromatic rings. The molecule has 0 spiro atoms. The summed E-state index contributed by atoms with van der Waals surface area (Å²) in [4.78, 5) is 1.09. The lowest BCUT2D eigenvalue weighted by atomic mass is 10.2. The van der Waals surface area contributed by atoms with E-state index < -0.39 is 9.84 Å². The van der Waals surface area contributed by atoms with Crippen LogP contribution in [0, 0.1) is 0 Å². The maximum Gasteiger partial charge on any atom is 0.148 e. The lowest BCUT2D eigenvalue weighted by Gasteiger charge is -2.10. The fourth-order valence-corrected chi connectivity index (χ4v) is 3.83. The van der Waals surface area contributed by atoms with Crippen LogP contribution in [-0.2, 0) is 16.4 Å². The summed E-state index contributed by atoms with van der Waals surface area (Å²) >= 11 is 7.52. The molecule has 0 unspecified atom stereocenters. The molecule has 102 valence electrons. The SMILES string of the molecule is CCNCc1cc(Cl)ccc1SCCS(C)(=O)=O. The highest BCUT2D eigenvalue weighted by Crippen LogP contribution is 2.25. The summed E-state index contributed by atoms with van der Waals surface area (Å²) in [6, 6.07) is 5.70. The van der Waals surface area contributed by atoms with E-state index in [1.807, 2.05) is 25.1 Å². The van der Waals surface area contributed by atoms with Crippen LogP contribution in [0.5, 0.6) is 0 Å². The molecule has 0 aliphatic carbocycles. The molecule has 0 amide bonds. The first kappa shape index (κ1) is 15.8. The van der Waals surface area contributed by atoms with Crippen molar-refractivity contribution in [1.82, 2.24) is 5.32 Å². The lowest BCUT2D eigenvalue weighted by molar-refractivity contribution is 0.603. The average molecular weight is 308 g/mol. The second-order valence-electron chi connectivity index (χ2n) is 4.01. The van der Waals surface area contributed by atoms with Crippen LogP contribution < -0.4 is 5.32 Å². The fourth-order valence-electron chi connectivity index (χ4n) is 1.39. The minimum absolute atomic E-state index is 0.195. The molecule has 0 aromatic heterocycles. The third kappa shape index (κ3) is 6.09. The summed E-state index contributed by atoms with van der Waals surface area (Å²) in [6.45, 7) is 3.68. The summed E-state index contributed by atoms with van der Waals surface area (Å²) in [5.41, 5.74) is 1.11. The molecule has 0 atom stereocenters. The number of halogens is 1. The van der Waals surface area contributed by atoms with Crippen LogP contribution in [0.25, 0.3) is 0 Å². The van der Waals surface area contributed by atoms with Gasteiger partial charge in [-0.05, 0) is 30.3 Å². The molecule has 18 heavy (non-hydrogen) atoms. The van der Waals surface area contributed by atoms with Crippen molar-refractivity contribution in [3.8, 4) is 0 Å². The van der Waals surface area contributed by atoms with Crippen molar-refractivity contribution >= 4 is 33.2 Å². The zero-order chi connectivity index (χ0) is 13.6. The third-order valence-corrected chi connectivity index (χ3v) is 4.86. The first-order valence-electron chi connectivity index (χ1n) is 5.72. The fraction of sp³-hybridized carbons (Fsp3) is 0.500. The Kier molecular flexibility index (Phi) is 6.49. The van der Waals surface area contributed by atoms with E-state index in [1.54, 1.807) is 11.8 Å². The number of benzene rings is 1. The Morgan fingerprint density at radius 1 is 1.39 bits per heavy atom. The van der Waals surface area contributed by atoms with Crippen LogP contribution >= 0.6 is 23.4 Å². The Bertz CT molecular complexity index is 489. The number of sulfone groups is 1. The zero-order valence-electron chi connectivity index (χ0n) is 10.6. The highest BCUT2D eigenvalue weighted by Gasteiger charge is 2.07. The van der Waals surface area contributed by atoms with Gasteiger partial charge in [0.15, 0.2) is 0 Å². The molecule has 0 saturated carbocycles. The summed E-state index contributed by atoms with van der Waals surface area (Å²) < 4.78 is 22.2. The van der Waals surface area contributed by atoms with E-state index in [4.69, 9.17) is 11.6 Å². The number of hydrogen-bond acceptors (Lipinski definition) is 4. The molecule has 6 heteroatoms. The van der Waals surface area contributed by atoms with Crippen LogP contribution in [0.3, 0.4) is 0 Å². The van der Waals surface area contributed by atoms with Crippen molar-refractivity contribution in [2.45, 2.75) is 18.4 Å². The predicted molar refractivity (Wildman–Crippen MR) is 79.3 cm³/mol. The molecule has 0 heterocycles. The highest BCUT2D eigenvalue weighted by molar-refractivity contribution is 8.00. The highest BCUT2D eigenvalue weighted by atomic mass is 35.5. The molecular formula is C12H18ClNO2S2. The second kappa shape index (κ2) is 7.38. The van der Waals surface area contributed by atoms with E-state index in [-0.39, 0.29) is 5.75 Å². The van der Waals surface area contributed by atoms with Gasteiger partial charge in [0.1, 0.15) is 9.84 Å². The van der Waals surface area contributed by atoms with Gasteiger partial charge in [-0.15, -0.1) is 11.8 Å². The van der Waals surface area contributed by atoms with Gasteiger partial charge in [0.25, 0.3) is 0 Å². The standard InChI is InChI=1S/C12H18ClNO2S2/c1-3-14-9-10-8-11(13)4-5-12(10)17-6-7-18(2,15)16/h4-5,8,14H,3,6-7,9H2,1-2H3. The molecule has 0 bridgehead atoms. The van der Waals surface area contributed by atoms with Crippen LogP contribution in [0.4, 0.5) is 0 Å². The summed E-state index contributed by atoms with van der Waals surface area (Å²) in [5.74, 6) is 0.764. The van der Waals surface area contributed by atoms with Crippen molar-refractivity contribution in [3.63, 3.8) is 0 Å². The summed E-state index contributed by atoms with van der Waals surface area (Å²) in [6.07, 6.45) is 1.26. The van der Waals surface area contributed by atoms with E-state index in [0.29, 0.717) is 10.8 Å². The van der Waals surface area contributed by atoms with Gasteiger partial charge in [-0.2, -0.15) is 0 Å². The number of hydrogen-bond donors (Lipinski definition) is 1.